The largest absolute Gasteiger partial charge is 0.465 e. The lowest BCUT2D eigenvalue weighted by atomic mass is 10.2. The molecule has 0 aromatic carbocycles. The van der Waals surface area contributed by atoms with E-state index in [1.165, 1.54) is 0 Å². The molecule has 1 heterocycles. The van der Waals surface area contributed by atoms with Crippen molar-refractivity contribution in [2.45, 2.75) is 6.43 Å². The first-order valence-electron chi connectivity index (χ1n) is 3.86. The minimum atomic E-state index is -2.90. The van der Waals surface area contributed by atoms with Gasteiger partial charge in [-0.3, -0.25) is 4.79 Å². The number of pyridine rings is 1. The van der Waals surface area contributed by atoms with E-state index in [1.54, 1.807) is 0 Å². The number of methoxy groups -OCH3 is 1. The van der Waals surface area contributed by atoms with Gasteiger partial charge in [0.1, 0.15) is 16.9 Å². The number of nitrogens with one attached hydrogen (secondary N) is 1. The van der Waals surface area contributed by atoms with E-state index in [1.807, 2.05) is 0 Å². The number of hydrogen-bond donors (Lipinski definition) is 2. The SMILES string of the molecule is COC(=O)c1c[nH]c(C(F)F)c(N)c1=O. The summed E-state index contributed by atoms with van der Waals surface area (Å²) in [6, 6.07) is 0. The second kappa shape index (κ2) is 4.07. The molecular formula is C8H8F2N2O3. The van der Waals surface area contributed by atoms with E-state index in [2.05, 4.69) is 9.72 Å². The molecule has 0 aliphatic carbocycles. The van der Waals surface area contributed by atoms with Crippen LogP contribution in [0.2, 0.25) is 0 Å². The van der Waals surface area contributed by atoms with Gasteiger partial charge in [0.2, 0.25) is 5.43 Å². The van der Waals surface area contributed by atoms with Crippen LogP contribution in [0, 0.1) is 0 Å². The standard InChI is InChI=1S/C8H8F2N2O3/c1-15-8(14)3-2-12-5(7(9)10)4(11)6(3)13/h2,7H,11H2,1H3,(H,12,13). The van der Waals surface area contributed by atoms with Crippen LogP contribution in [0.25, 0.3) is 0 Å². The summed E-state index contributed by atoms with van der Waals surface area (Å²) in [4.78, 5) is 24.4. The number of hydrogen-bond acceptors (Lipinski definition) is 4. The highest BCUT2D eigenvalue weighted by molar-refractivity contribution is 5.89. The Kier molecular flexibility index (Phi) is 3.03. The van der Waals surface area contributed by atoms with E-state index in [0.29, 0.717) is 0 Å². The predicted octanol–water partition coefficient (Wildman–Crippen LogP) is 0.681. The van der Waals surface area contributed by atoms with Gasteiger partial charge in [-0.2, -0.15) is 0 Å². The molecule has 82 valence electrons. The molecule has 0 amide bonds. The quantitative estimate of drug-likeness (QED) is 0.715. The molecule has 1 rings (SSSR count). The zero-order chi connectivity index (χ0) is 11.6. The number of H-pyrrole nitrogens is 1. The highest BCUT2D eigenvalue weighted by atomic mass is 19.3. The summed E-state index contributed by atoms with van der Waals surface area (Å²) in [6.45, 7) is 0. The molecular weight excluding hydrogens is 210 g/mol. The minimum Gasteiger partial charge on any atom is -0.465 e. The monoisotopic (exact) mass is 218 g/mol. The number of esters is 1. The molecule has 0 unspecified atom stereocenters. The number of alkyl halides is 2. The summed E-state index contributed by atoms with van der Waals surface area (Å²) in [5, 5.41) is 0. The van der Waals surface area contributed by atoms with Crippen molar-refractivity contribution in [1.82, 2.24) is 4.98 Å². The van der Waals surface area contributed by atoms with Crippen LogP contribution >= 0.6 is 0 Å². The van der Waals surface area contributed by atoms with Crippen molar-refractivity contribution in [3.63, 3.8) is 0 Å². The smallest absolute Gasteiger partial charge is 0.343 e. The van der Waals surface area contributed by atoms with Gasteiger partial charge in [-0.05, 0) is 0 Å². The number of carbonyl (C=O) groups excluding carboxylic acids is 1. The summed E-state index contributed by atoms with van der Waals surface area (Å²) < 4.78 is 28.8. The Morgan fingerprint density at radius 3 is 2.67 bits per heavy atom. The average molecular weight is 218 g/mol. The van der Waals surface area contributed by atoms with Crippen LogP contribution < -0.4 is 11.2 Å². The van der Waals surface area contributed by atoms with Crippen molar-refractivity contribution in [1.29, 1.82) is 0 Å². The first kappa shape index (κ1) is 11.2. The van der Waals surface area contributed by atoms with Crippen LogP contribution in [0.4, 0.5) is 14.5 Å². The predicted molar refractivity (Wildman–Crippen MR) is 47.8 cm³/mol. The van der Waals surface area contributed by atoms with Gasteiger partial charge in [-0.1, -0.05) is 0 Å². The topological polar surface area (TPSA) is 85.2 Å². The zero-order valence-corrected chi connectivity index (χ0v) is 7.71. The van der Waals surface area contributed by atoms with E-state index >= 15 is 0 Å². The highest BCUT2D eigenvalue weighted by Gasteiger charge is 2.19. The molecule has 5 nitrogen and oxygen atoms in total. The van der Waals surface area contributed by atoms with Gasteiger partial charge < -0.3 is 15.5 Å². The molecule has 0 saturated heterocycles. The van der Waals surface area contributed by atoms with Gasteiger partial charge >= 0.3 is 5.97 Å². The van der Waals surface area contributed by atoms with Crippen molar-refractivity contribution in [2.75, 3.05) is 12.8 Å². The lowest BCUT2D eigenvalue weighted by Crippen LogP contribution is -2.21. The van der Waals surface area contributed by atoms with E-state index in [-0.39, 0.29) is 0 Å². The molecule has 7 heteroatoms. The Bertz CT molecular complexity index is 442. The molecule has 0 aliphatic rings. The van der Waals surface area contributed by atoms with E-state index in [0.717, 1.165) is 13.3 Å². The Hall–Kier alpha value is -1.92. The molecule has 0 spiro atoms. The van der Waals surface area contributed by atoms with Gasteiger partial charge in [0.15, 0.2) is 0 Å². The number of ether oxygens (including phenoxy) is 1. The summed E-state index contributed by atoms with van der Waals surface area (Å²) in [6.07, 6.45) is -2.05. The van der Waals surface area contributed by atoms with Crippen LogP contribution in [0.1, 0.15) is 22.5 Å². The Labute approximate surface area is 82.9 Å². The van der Waals surface area contributed by atoms with Gasteiger partial charge in [0.25, 0.3) is 6.43 Å². The second-order valence-electron chi connectivity index (χ2n) is 2.65. The zero-order valence-electron chi connectivity index (χ0n) is 7.71. The maximum absolute atomic E-state index is 12.3. The molecule has 0 atom stereocenters. The molecule has 1 aromatic heterocycles. The Morgan fingerprint density at radius 1 is 1.60 bits per heavy atom. The third kappa shape index (κ3) is 1.95. The third-order valence-corrected chi connectivity index (χ3v) is 1.77. The number of aromatic nitrogens is 1. The lowest BCUT2D eigenvalue weighted by molar-refractivity contribution is 0.0598. The first-order chi connectivity index (χ1) is 6.99. The highest BCUT2D eigenvalue weighted by Crippen LogP contribution is 2.19. The number of anilines is 1. The van der Waals surface area contributed by atoms with Crippen molar-refractivity contribution >= 4 is 11.7 Å². The number of nitrogens with two attached hydrogens (primary N) is 1. The minimum absolute atomic E-state index is 0.403. The summed E-state index contributed by atoms with van der Waals surface area (Å²) in [5.41, 5.74) is 2.41. The summed E-state index contributed by atoms with van der Waals surface area (Å²) in [5.74, 6) is -0.927. The van der Waals surface area contributed by atoms with Crippen LogP contribution in [0.3, 0.4) is 0 Å². The molecule has 0 bridgehead atoms. The maximum atomic E-state index is 12.3. The average Bonchev–Trinajstić information content (AvgIpc) is 2.20. The van der Waals surface area contributed by atoms with Crippen molar-refractivity contribution in [3.05, 3.63) is 27.7 Å². The van der Waals surface area contributed by atoms with Gasteiger partial charge in [0.05, 0.1) is 7.11 Å². The van der Waals surface area contributed by atoms with Gasteiger partial charge in [-0.25, -0.2) is 13.6 Å². The molecule has 0 radical (unpaired) electrons. The van der Waals surface area contributed by atoms with E-state index in [4.69, 9.17) is 5.73 Å². The lowest BCUT2D eigenvalue weighted by Gasteiger charge is -2.05. The number of rotatable bonds is 2. The van der Waals surface area contributed by atoms with Crippen LogP contribution in [0.15, 0.2) is 11.0 Å². The first-order valence-corrected chi connectivity index (χ1v) is 3.86. The van der Waals surface area contributed by atoms with Crippen LogP contribution in [-0.2, 0) is 4.74 Å². The Morgan fingerprint density at radius 2 is 2.20 bits per heavy atom. The summed E-state index contributed by atoms with van der Waals surface area (Å²) in [7, 11) is 1.07. The van der Waals surface area contributed by atoms with Crippen molar-refractivity contribution in [2.24, 2.45) is 0 Å². The molecule has 15 heavy (non-hydrogen) atoms. The normalized spacial score (nSPS) is 10.4. The second-order valence-corrected chi connectivity index (χ2v) is 2.65. The van der Waals surface area contributed by atoms with Gasteiger partial charge in [-0.15, -0.1) is 0 Å². The van der Waals surface area contributed by atoms with Crippen molar-refractivity contribution < 1.29 is 18.3 Å². The number of nitrogen functional groups attached to an aromatic ring is 1. The molecule has 3 N–H and O–H groups in total. The van der Waals surface area contributed by atoms with Crippen LogP contribution in [-0.4, -0.2) is 18.1 Å². The third-order valence-electron chi connectivity index (χ3n) is 1.77. The fraction of sp³-hybridized carbons (Fsp3) is 0.250. The fourth-order valence-corrected chi connectivity index (χ4v) is 1.00. The van der Waals surface area contributed by atoms with Crippen molar-refractivity contribution in [3.8, 4) is 0 Å². The summed E-state index contributed by atoms with van der Waals surface area (Å²) >= 11 is 0. The number of halogens is 2. The number of aromatic amines is 1. The number of carbonyl (C=O) groups is 1. The molecule has 0 aliphatic heterocycles. The Balaban J connectivity index is 3.34. The fourth-order valence-electron chi connectivity index (χ4n) is 1.00. The molecule has 1 aromatic rings. The molecule has 0 saturated carbocycles. The van der Waals surface area contributed by atoms with Gasteiger partial charge in [0, 0.05) is 6.20 Å². The maximum Gasteiger partial charge on any atom is 0.343 e. The van der Waals surface area contributed by atoms with E-state index in [9.17, 15) is 18.4 Å². The van der Waals surface area contributed by atoms with Crippen LogP contribution in [0.5, 0.6) is 0 Å². The van der Waals surface area contributed by atoms with E-state index < -0.39 is 34.8 Å². The molecule has 0 fully saturated rings.